The highest BCUT2D eigenvalue weighted by molar-refractivity contribution is 8.03. The maximum atomic E-state index is 12.3. The second-order valence-corrected chi connectivity index (χ2v) is 7.00. The van der Waals surface area contributed by atoms with Crippen molar-refractivity contribution in [3.8, 4) is 0 Å². The van der Waals surface area contributed by atoms with Gasteiger partial charge < -0.3 is 26.0 Å². The number of carboxylic acid groups (broad SMARTS) is 1. The summed E-state index contributed by atoms with van der Waals surface area (Å²) in [5.41, 5.74) is 5.21. The number of aliphatic carboxylic acids is 1. The summed E-state index contributed by atoms with van der Waals surface area (Å²) in [6.45, 7) is 1.99. The lowest BCUT2D eigenvalue weighted by Gasteiger charge is -2.47. The molecule has 134 valence electrons. The molecule has 2 rings (SSSR count). The van der Waals surface area contributed by atoms with E-state index in [2.05, 4.69) is 4.99 Å². The molecular weight excluding hydrogens is 334 g/mol. The van der Waals surface area contributed by atoms with Gasteiger partial charge in [-0.05, 0) is 19.8 Å². The largest absolute Gasteiger partial charge is 0.477 e. The molecule has 24 heavy (non-hydrogen) atoms. The Balaban J connectivity index is 2.29. The average Bonchev–Trinajstić information content (AvgIpc) is 2.79. The first kappa shape index (κ1) is 18.8. The first-order chi connectivity index (χ1) is 11.5. The van der Waals surface area contributed by atoms with Crippen LogP contribution in [0.5, 0.6) is 0 Å². The lowest BCUT2D eigenvalue weighted by molar-refractivity contribution is -0.163. The number of aliphatic hydroxyl groups excluding tert-OH is 2. The van der Waals surface area contributed by atoms with Crippen molar-refractivity contribution >= 4 is 30.0 Å². The van der Waals surface area contributed by atoms with E-state index < -0.39 is 18.0 Å². The van der Waals surface area contributed by atoms with Gasteiger partial charge in [-0.3, -0.25) is 9.79 Å². The zero-order chi connectivity index (χ0) is 17.9. The van der Waals surface area contributed by atoms with Gasteiger partial charge >= 0.3 is 5.97 Å². The summed E-state index contributed by atoms with van der Waals surface area (Å²) in [4.78, 5) is 29.8. The van der Waals surface area contributed by atoms with Crippen LogP contribution in [0.1, 0.15) is 19.8 Å². The molecule has 0 aromatic rings. The van der Waals surface area contributed by atoms with Gasteiger partial charge in [0, 0.05) is 23.1 Å². The molecular formula is C15H23N3O5S. The van der Waals surface area contributed by atoms with Crippen LogP contribution in [0.3, 0.4) is 0 Å². The first-order valence-electron chi connectivity index (χ1n) is 7.88. The van der Waals surface area contributed by atoms with E-state index >= 15 is 0 Å². The average molecular weight is 357 g/mol. The smallest absolute Gasteiger partial charge is 0.353 e. The minimum atomic E-state index is -1.15. The number of fused-ring (bicyclic) bond motifs is 1. The number of hydrogen-bond donors (Lipinski definition) is 4. The Labute approximate surface area is 144 Å². The van der Waals surface area contributed by atoms with Gasteiger partial charge in [0.2, 0.25) is 5.91 Å². The minimum Gasteiger partial charge on any atom is -0.477 e. The van der Waals surface area contributed by atoms with Crippen LogP contribution >= 0.6 is 11.8 Å². The number of carbonyl (C=O) groups is 2. The topological polar surface area (TPSA) is 136 Å². The molecule has 0 saturated carbocycles. The minimum absolute atomic E-state index is 0.00678. The summed E-state index contributed by atoms with van der Waals surface area (Å²) in [5, 5.41) is 28.5. The van der Waals surface area contributed by atoms with Gasteiger partial charge in [0.05, 0.1) is 31.0 Å². The molecule has 5 N–H and O–H groups in total. The van der Waals surface area contributed by atoms with E-state index in [9.17, 15) is 19.8 Å². The lowest BCUT2D eigenvalue weighted by Crippen LogP contribution is -2.63. The first-order valence-corrected chi connectivity index (χ1v) is 8.86. The number of amides is 1. The molecule has 0 unspecified atom stereocenters. The Morgan fingerprint density at radius 2 is 2.25 bits per heavy atom. The third-order valence-electron chi connectivity index (χ3n) is 4.39. The van der Waals surface area contributed by atoms with E-state index in [1.165, 1.54) is 23.0 Å². The molecule has 1 fully saturated rings. The van der Waals surface area contributed by atoms with Gasteiger partial charge in [-0.25, -0.2) is 4.79 Å². The Morgan fingerprint density at radius 1 is 1.54 bits per heavy atom. The van der Waals surface area contributed by atoms with E-state index in [0.29, 0.717) is 30.0 Å². The van der Waals surface area contributed by atoms with Crippen LogP contribution in [0.25, 0.3) is 0 Å². The fraction of sp³-hybridized carbons (Fsp3) is 0.667. The molecule has 0 aliphatic carbocycles. The van der Waals surface area contributed by atoms with Crippen molar-refractivity contribution in [1.82, 2.24) is 4.90 Å². The second kappa shape index (κ2) is 8.00. The van der Waals surface area contributed by atoms with E-state index in [1.807, 2.05) is 0 Å². The maximum Gasteiger partial charge on any atom is 0.353 e. The number of β-lactam (4-membered cyclic amide) rings is 1. The highest BCUT2D eigenvalue weighted by atomic mass is 32.2. The van der Waals surface area contributed by atoms with Crippen LogP contribution in [-0.2, 0) is 9.59 Å². The molecule has 0 spiro atoms. The summed E-state index contributed by atoms with van der Waals surface area (Å²) < 4.78 is 0. The summed E-state index contributed by atoms with van der Waals surface area (Å²) in [6, 6.07) is -0.341. The van der Waals surface area contributed by atoms with E-state index in [1.54, 1.807) is 6.92 Å². The predicted octanol–water partition coefficient (Wildman–Crippen LogP) is -0.387. The van der Waals surface area contributed by atoms with Gasteiger partial charge in [-0.2, -0.15) is 0 Å². The zero-order valence-corrected chi connectivity index (χ0v) is 14.3. The molecule has 9 heteroatoms. The number of aliphatic imine (C=N–C) groups is 1. The molecule has 1 amide bonds. The highest BCUT2D eigenvalue weighted by Crippen LogP contribution is 2.52. The predicted molar refractivity (Wildman–Crippen MR) is 90.3 cm³/mol. The summed E-state index contributed by atoms with van der Waals surface area (Å²) >= 11 is 1.27. The van der Waals surface area contributed by atoms with Gasteiger partial charge in [0.25, 0.3) is 0 Å². The molecule has 0 bridgehead atoms. The van der Waals surface area contributed by atoms with Crippen molar-refractivity contribution < 1.29 is 24.9 Å². The summed E-state index contributed by atoms with van der Waals surface area (Å²) in [6.07, 6.45) is 1.73. The summed E-state index contributed by atoms with van der Waals surface area (Å²) in [5.74, 6) is -1.90. The number of nitrogens with zero attached hydrogens (tertiary/aromatic N) is 2. The normalized spacial score (nSPS) is 27.5. The van der Waals surface area contributed by atoms with Crippen molar-refractivity contribution in [2.45, 2.75) is 31.9 Å². The third-order valence-corrected chi connectivity index (χ3v) is 5.58. The van der Waals surface area contributed by atoms with Crippen molar-refractivity contribution in [3.63, 3.8) is 0 Å². The van der Waals surface area contributed by atoms with Crippen molar-refractivity contribution in [2.24, 2.45) is 22.6 Å². The Hall–Kier alpha value is -1.58. The third kappa shape index (κ3) is 3.28. The van der Waals surface area contributed by atoms with Gasteiger partial charge in [0.1, 0.15) is 5.70 Å². The van der Waals surface area contributed by atoms with Crippen LogP contribution in [0.2, 0.25) is 0 Å². The van der Waals surface area contributed by atoms with E-state index in [4.69, 9.17) is 10.8 Å². The van der Waals surface area contributed by atoms with Crippen molar-refractivity contribution in [1.29, 1.82) is 0 Å². The molecule has 8 nitrogen and oxygen atoms in total. The molecule has 2 aliphatic rings. The molecule has 0 radical (unpaired) electrons. The van der Waals surface area contributed by atoms with Crippen LogP contribution in [-0.4, -0.2) is 69.5 Å². The second-order valence-electron chi connectivity index (χ2n) is 5.86. The summed E-state index contributed by atoms with van der Waals surface area (Å²) in [7, 11) is 0. The Kier molecular flexibility index (Phi) is 6.25. The van der Waals surface area contributed by atoms with Crippen molar-refractivity contribution in [2.75, 3.05) is 18.9 Å². The number of nitrogens with two attached hydrogens (primary N) is 1. The molecule has 1 saturated heterocycles. The molecule has 2 aliphatic heterocycles. The van der Waals surface area contributed by atoms with Gasteiger partial charge in [0.15, 0.2) is 0 Å². The van der Waals surface area contributed by atoms with Gasteiger partial charge in [-0.1, -0.05) is 0 Å². The lowest BCUT2D eigenvalue weighted by atomic mass is 9.77. The van der Waals surface area contributed by atoms with Gasteiger partial charge in [-0.15, -0.1) is 11.8 Å². The quantitative estimate of drug-likeness (QED) is 0.191. The fourth-order valence-electron chi connectivity index (χ4n) is 3.48. The van der Waals surface area contributed by atoms with E-state index in [-0.39, 0.29) is 30.2 Å². The zero-order valence-electron chi connectivity index (χ0n) is 13.5. The number of carboxylic acids is 1. The highest BCUT2D eigenvalue weighted by Gasteiger charge is 2.60. The Morgan fingerprint density at radius 3 is 2.79 bits per heavy atom. The number of carbonyl (C=O) groups excluding carboxylic acids is 1. The molecule has 0 aromatic heterocycles. The van der Waals surface area contributed by atoms with Crippen LogP contribution in [0.15, 0.2) is 15.6 Å². The molecule has 4 atom stereocenters. The molecule has 2 heterocycles. The van der Waals surface area contributed by atoms with E-state index in [0.717, 1.165) is 0 Å². The molecule has 0 aromatic carbocycles. The number of thioether (sulfide) groups is 1. The van der Waals surface area contributed by atoms with Crippen LogP contribution in [0, 0.1) is 11.8 Å². The SMILES string of the molecule is C[C@@H](O)[C@H]1C(=O)N2C(C(=O)O)=C(SCCO)[C@H](CCCN=CN)[C@H]12. The van der Waals surface area contributed by atoms with Crippen LogP contribution < -0.4 is 5.73 Å². The Bertz CT molecular complexity index is 563. The number of rotatable bonds is 9. The fourth-order valence-corrected chi connectivity index (χ4v) is 4.59. The maximum absolute atomic E-state index is 12.3. The number of aliphatic hydroxyl groups is 2. The number of hydrogen-bond acceptors (Lipinski definition) is 6. The van der Waals surface area contributed by atoms with Crippen molar-refractivity contribution in [3.05, 3.63) is 10.6 Å². The van der Waals surface area contributed by atoms with Crippen LogP contribution in [0.4, 0.5) is 0 Å². The monoisotopic (exact) mass is 357 g/mol. The standard InChI is InChI=1S/C15H23N3O5S/c1-8(20)10-11-9(3-2-4-17-7-16)13(24-6-5-19)12(15(22)23)18(11)14(10)21/h7-11,19-20H,2-6H2,1H3,(H2,16,17)(H,22,23)/t8-,9-,10-,11-/m1/s1.